The molecule has 0 amide bonds. The maximum absolute atomic E-state index is 10.6. The van der Waals surface area contributed by atoms with E-state index in [0.29, 0.717) is 6.54 Å². The van der Waals surface area contributed by atoms with E-state index in [1.165, 1.54) is 6.07 Å². The van der Waals surface area contributed by atoms with Gasteiger partial charge in [-0.3, -0.25) is 10.1 Å². The molecule has 1 N–H and O–H groups in total. The van der Waals surface area contributed by atoms with Crippen molar-refractivity contribution in [2.45, 2.75) is 25.9 Å². The molecule has 5 heteroatoms. The van der Waals surface area contributed by atoms with Crippen LogP contribution in [0.2, 0.25) is 0 Å². The SMILES string of the molecule is Cc1cc([N+](=O)[O-])ccc1N1CCCC(O)C1. The highest BCUT2D eigenvalue weighted by Crippen LogP contribution is 2.27. The largest absolute Gasteiger partial charge is 0.391 e. The number of rotatable bonds is 2. The van der Waals surface area contributed by atoms with Crippen LogP contribution >= 0.6 is 0 Å². The Balaban J connectivity index is 2.23. The van der Waals surface area contributed by atoms with Gasteiger partial charge in [0.05, 0.1) is 11.0 Å². The molecule has 92 valence electrons. The lowest BCUT2D eigenvalue weighted by molar-refractivity contribution is -0.384. The van der Waals surface area contributed by atoms with E-state index in [2.05, 4.69) is 4.90 Å². The molecule has 0 saturated carbocycles. The number of hydrogen-bond acceptors (Lipinski definition) is 4. The second kappa shape index (κ2) is 4.71. The number of anilines is 1. The first-order chi connectivity index (χ1) is 8.08. The van der Waals surface area contributed by atoms with Gasteiger partial charge in [-0.15, -0.1) is 0 Å². The first-order valence-corrected chi connectivity index (χ1v) is 5.76. The van der Waals surface area contributed by atoms with Crippen molar-refractivity contribution in [3.05, 3.63) is 33.9 Å². The number of hydrogen-bond donors (Lipinski definition) is 1. The topological polar surface area (TPSA) is 66.6 Å². The highest BCUT2D eigenvalue weighted by atomic mass is 16.6. The second-order valence-electron chi connectivity index (χ2n) is 4.47. The summed E-state index contributed by atoms with van der Waals surface area (Å²) in [7, 11) is 0. The van der Waals surface area contributed by atoms with Gasteiger partial charge in [0.15, 0.2) is 0 Å². The molecule has 0 spiro atoms. The monoisotopic (exact) mass is 236 g/mol. The van der Waals surface area contributed by atoms with Crippen molar-refractivity contribution in [1.82, 2.24) is 0 Å². The van der Waals surface area contributed by atoms with Gasteiger partial charge >= 0.3 is 0 Å². The predicted octanol–water partition coefficient (Wildman–Crippen LogP) is 1.86. The van der Waals surface area contributed by atoms with Gasteiger partial charge in [-0.1, -0.05) is 0 Å². The van der Waals surface area contributed by atoms with Crippen molar-refractivity contribution >= 4 is 11.4 Å². The van der Waals surface area contributed by atoms with Crippen LogP contribution in [0.3, 0.4) is 0 Å². The van der Waals surface area contributed by atoms with E-state index in [1.807, 2.05) is 6.92 Å². The molecular formula is C12H16N2O3. The fourth-order valence-electron chi connectivity index (χ4n) is 2.28. The average molecular weight is 236 g/mol. The van der Waals surface area contributed by atoms with E-state index >= 15 is 0 Å². The summed E-state index contributed by atoms with van der Waals surface area (Å²) in [6, 6.07) is 4.87. The summed E-state index contributed by atoms with van der Waals surface area (Å²) < 4.78 is 0. The van der Waals surface area contributed by atoms with E-state index in [0.717, 1.165) is 30.6 Å². The van der Waals surface area contributed by atoms with Crippen LogP contribution < -0.4 is 4.90 Å². The zero-order valence-corrected chi connectivity index (χ0v) is 9.80. The number of nitro benzene ring substituents is 1. The second-order valence-corrected chi connectivity index (χ2v) is 4.47. The molecule has 0 aliphatic carbocycles. The van der Waals surface area contributed by atoms with Crippen molar-refractivity contribution in [3.8, 4) is 0 Å². The average Bonchev–Trinajstić information content (AvgIpc) is 2.28. The lowest BCUT2D eigenvalue weighted by atomic mass is 10.1. The highest BCUT2D eigenvalue weighted by Gasteiger charge is 2.20. The molecule has 1 fully saturated rings. The number of nitrogens with zero attached hydrogens (tertiary/aromatic N) is 2. The Kier molecular flexibility index (Phi) is 3.28. The first-order valence-electron chi connectivity index (χ1n) is 5.76. The van der Waals surface area contributed by atoms with E-state index in [1.54, 1.807) is 12.1 Å². The summed E-state index contributed by atoms with van der Waals surface area (Å²) in [5.41, 5.74) is 1.98. The number of aliphatic hydroxyl groups is 1. The van der Waals surface area contributed by atoms with Crippen molar-refractivity contribution in [2.24, 2.45) is 0 Å². The van der Waals surface area contributed by atoms with Crippen molar-refractivity contribution < 1.29 is 10.0 Å². The molecule has 0 bridgehead atoms. The lowest BCUT2D eigenvalue weighted by Crippen LogP contribution is -2.38. The third-order valence-electron chi connectivity index (χ3n) is 3.13. The smallest absolute Gasteiger partial charge is 0.269 e. The Labute approximate surface area is 99.8 Å². The third kappa shape index (κ3) is 2.55. The fourth-order valence-corrected chi connectivity index (χ4v) is 2.28. The van der Waals surface area contributed by atoms with Gasteiger partial charge in [-0.05, 0) is 31.4 Å². The van der Waals surface area contributed by atoms with Gasteiger partial charge in [-0.25, -0.2) is 0 Å². The number of aryl methyl sites for hydroxylation is 1. The summed E-state index contributed by atoms with van der Waals surface area (Å²) in [4.78, 5) is 12.3. The van der Waals surface area contributed by atoms with Crippen LogP contribution in [0.25, 0.3) is 0 Å². The van der Waals surface area contributed by atoms with Gasteiger partial charge in [0.2, 0.25) is 0 Å². The van der Waals surface area contributed by atoms with Crippen molar-refractivity contribution in [3.63, 3.8) is 0 Å². The minimum atomic E-state index is -0.387. The maximum Gasteiger partial charge on any atom is 0.269 e. The van der Waals surface area contributed by atoms with Crippen LogP contribution in [0.5, 0.6) is 0 Å². The van der Waals surface area contributed by atoms with Gasteiger partial charge in [0.1, 0.15) is 0 Å². The van der Waals surface area contributed by atoms with Crippen LogP contribution in [-0.2, 0) is 0 Å². The minimum absolute atomic E-state index is 0.115. The summed E-state index contributed by atoms with van der Waals surface area (Å²) in [6.45, 7) is 3.37. The summed E-state index contributed by atoms with van der Waals surface area (Å²) in [6.07, 6.45) is 1.50. The predicted molar refractivity (Wildman–Crippen MR) is 65.3 cm³/mol. The quantitative estimate of drug-likeness (QED) is 0.628. The van der Waals surface area contributed by atoms with Crippen LogP contribution in [0, 0.1) is 17.0 Å². The van der Waals surface area contributed by atoms with Gasteiger partial charge in [-0.2, -0.15) is 0 Å². The Bertz CT molecular complexity index is 434. The molecule has 2 rings (SSSR count). The third-order valence-corrected chi connectivity index (χ3v) is 3.13. The molecule has 1 aliphatic heterocycles. The van der Waals surface area contributed by atoms with Crippen LogP contribution in [0.1, 0.15) is 18.4 Å². The van der Waals surface area contributed by atoms with Crippen LogP contribution in [0.4, 0.5) is 11.4 Å². The molecule has 1 unspecified atom stereocenters. The number of aliphatic hydroxyl groups excluding tert-OH is 1. The van der Waals surface area contributed by atoms with Crippen LogP contribution in [-0.4, -0.2) is 29.2 Å². The number of non-ortho nitro benzene ring substituents is 1. The Morgan fingerprint density at radius 3 is 2.88 bits per heavy atom. The van der Waals surface area contributed by atoms with E-state index in [9.17, 15) is 15.2 Å². The van der Waals surface area contributed by atoms with Gasteiger partial charge in [0.25, 0.3) is 5.69 Å². The van der Waals surface area contributed by atoms with Crippen LogP contribution in [0.15, 0.2) is 18.2 Å². The van der Waals surface area contributed by atoms with Crippen molar-refractivity contribution in [1.29, 1.82) is 0 Å². The molecule has 17 heavy (non-hydrogen) atoms. The van der Waals surface area contributed by atoms with Gasteiger partial charge in [0, 0.05) is 30.9 Å². The molecule has 1 aromatic rings. The molecule has 1 heterocycles. The first kappa shape index (κ1) is 11.9. The standard InChI is InChI=1S/C12H16N2O3/c1-9-7-10(14(16)17)4-5-12(9)13-6-2-3-11(15)8-13/h4-5,7,11,15H,2-3,6,8H2,1H3. The number of benzene rings is 1. The molecule has 1 atom stereocenters. The lowest BCUT2D eigenvalue weighted by Gasteiger charge is -2.32. The zero-order valence-electron chi connectivity index (χ0n) is 9.80. The molecule has 1 aliphatic rings. The summed E-state index contributed by atoms with van der Waals surface area (Å²) >= 11 is 0. The molecule has 1 aromatic carbocycles. The molecular weight excluding hydrogens is 220 g/mol. The minimum Gasteiger partial charge on any atom is -0.391 e. The zero-order chi connectivity index (χ0) is 12.4. The normalized spacial score (nSPS) is 20.4. The molecule has 5 nitrogen and oxygen atoms in total. The van der Waals surface area contributed by atoms with E-state index in [4.69, 9.17) is 0 Å². The van der Waals surface area contributed by atoms with Crippen molar-refractivity contribution in [2.75, 3.05) is 18.0 Å². The van der Waals surface area contributed by atoms with E-state index in [-0.39, 0.29) is 16.7 Å². The van der Waals surface area contributed by atoms with Gasteiger partial charge < -0.3 is 10.0 Å². The summed E-state index contributed by atoms with van der Waals surface area (Å²) in [5, 5.41) is 20.3. The number of piperidine rings is 1. The fraction of sp³-hybridized carbons (Fsp3) is 0.500. The molecule has 1 saturated heterocycles. The Hall–Kier alpha value is -1.62. The maximum atomic E-state index is 10.6. The molecule has 0 radical (unpaired) electrons. The Morgan fingerprint density at radius 2 is 2.29 bits per heavy atom. The molecule has 0 aromatic heterocycles. The number of nitro groups is 1. The number of β-amino-alcohol motifs (C(OH)–C–C–N with tert-alkyl or cyclic N) is 1. The Morgan fingerprint density at radius 1 is 1.53 bits per heavy atom. The summed E-state index contributed by atoms with van der Waals surface area (Å²) in [5.74, 6) is 0. The van der Waals surface area contributed by atoms with E-state index < -0.39 is 0 Å². The highest BCUT2D eigenvalue weighted by molar-refractivity contribution is 5.57.